The monoisotopic (exact) mass is 396 g/mol. The first-order chi connectivity index (χ1) is 13.3. The third-order valence-corrected chi connectivity index (χ3v) is 6.06. The lowest BCUT2D eigenvalue weighted by Crippen LogP contribution is -2.44. The van der Waals surface area contributed by atoms with Crippen LogP contribution in [0.2, 0.25) is 0 Å². The highest BCUT2D eigenvalue weighted by atomic mass is 32.2. The van der Waals surface area contributed by atoms with E-state index in [1.165, 1.54) is 0 Å². The van der Waals surface area contributed by atoms with Gasteiger partial charge in [-0.1, -0.05) is 57.7 Å². The molecular weight excluding hydrogens is 372 g/mol. The van der Waals surface area contributed by atoms with E-state index in [0.717, 1.165) is 29.4 Å². The number of anilines is 1. The second-order valence-corrected chi connectivity index (χ2v) is 8.31. The molecule has 0 spiro atoms. The maximum absolute atomic E-state index is 12.5. The SMILES string of the molecule is CC[C@H](C)c1ccccc1NC(=O)CSC1=C(C#N)C(C)(C)[C@@H](C#N)C(=O)N1. The fourth-order valence-corrected chi connectivity index (χ4v) is 4.09. The first kappa shape index (κ1) is 21.5. The summed E-state index contributed by atoms with van der Waals surface area (Å²) in [6.45, 7) is 7.59. The van der Waals surface area contributed by atoms with Gasteiger partial charge in [0.15, 0.2) is 0 Å². The molecule has 0 aliphatic carbocycles. The van der Waals surface area contributed by atoms with Crippen molar-refractivity contribution in [3.05, 3.63) is 40.4 Å². The van der Waals surface area contributed by atoms with Gasteiger partial charge in [-0.15, -0.1) is 0 Å². The predicted molar refractivity (Wildman–Crippen MR) is 110 cm³/mol. The molecule has 1 aliphatic heterocycles. The Morgan fingerprint density at radius 1 is 1.36 bits per heavy atom. The molecular formula is C21H24N4O2S. The average molecular weight is 397 g/mol. The van der Waals surface area contributed by atoms with Crippen molar-refractivity contribution in [1.29, 1.82) is 10.5 Å². The third kappa shape index (κ3) is 4.37. The van der Waals surface area contributed by atoms with Gasteiger partial charge in [-0.05, 0) is 24.0 Å². The molecule has 0 unspecified atom stereocenters. The van der Waals surface area contributed by atoms with Crippen LogP contribution in [0.15, 0.2) is 34.9 Å². The first-order valence-electron chi connectivity index (χ1n) is 9.13. The largest absolute Gasteiger partial charge is 0.325 e. The predicted octanol–water partition coefficient (Wildman–Crippen LogP) is 3.90. The van der Waals surface area contributed by atoms with Crippen molar-refractivity contribution in [3.8, 4) is 12.1 Å². The van der Waals surface area contributed by atoms with Gasteiger partial charge >= 0.3 is 0 Å². The Kier molecular flexibility index (Phi) is 6.88. The van der Waals surface area contributed by atoms with Crippen molar-refractivity contribution in [2.24, 2.45) is 11.3 Å². The zero-order chi connectivity index (χ0) is 20.9. The van der Waals surface area contributed by atoms with Crippen LogP contribution in [-0.2, 0) is 9.59 Å². The zero-order valence-electron chi connectivity index (χ0n) is 16.5. The molecule has 2 N–H and O–H groups in total. The quantitative estimate of drug-likeness (QED) is 0.758. The van der Waals surface area contributed by atoms with Crippen molar-refractivity contribution in [2.75, 3.05) is 11.1 Å². The minimum Gasteiger partial charge on any atom is -0.325 e. The number of rotatable bonds is 6. The van der Waals surface area contributed by atoms with Crippen molar-refractivity contribution < 1.29 is 9.59 Å². The van der Waals surface area contributed by atoms with E-state index in [4.69, 9.17) is 0 Å². The number of nitrogens with zero attached hydrogens (tertiary/aromatic N) is 2. The number of hydrogen-bond acceptors (Lipinski definition) is 5. The summed E-state index contributed by atoms with van der Waals surface area (Å²) in [5, 5.41) is 24.7. The Bertz CT molecular complexity index is 892. The molecule has 2 rings (SSSR count). The van der Waals surface area contributed by atoms with Gasteiger partial charge in [0.1, 0.15) is 5.92 Å². The van der Waals surface area contributed by atoms with E-state index < -0.39 is 17.2 Å². The van der Waals surface area contributed by atoms with E-state index in [9.17, 15) is 20.1 Å². The fraction of sp³-hybridized carbons (Fsp3) is 0.429. The zero-order valence-corrected chi connectivity index (χ0v) is 17.3. The second-order valence-electron chi connectivity index (χ2n) is 7.32. The van der Waals surface area contributed by atoms with Gasteiger partial charge in [0, 0.05) is 11.1 Å². The summed E-state index contributed by atoms with van der Waals surface area (Å²) in [5.74, 6) is -1.25. The molecule has 2 atom stereocenters. The summed E-state index contributed by atoms with van der Waals surface area (Å²) < 4.78 is 0. The summed E-state index contributed by atoms with van der Waals surface area (Å²) in [5.41, 5.74) is 1.25. The molecule has 2 amide bonds. The first-order valence-corrected chi connectivity index (χ1v) is 10.1. The van der Waals surface area contributed by atoms with Gasteiger partial charge in [-0.3, -0.25) is 9.59 Å². The van der Waals surface area contributed by atoms with Gasteiger partial charge in [-0.25, -0.2) is 0 Å². The lowest BCUT2D eigenvalue weighted by Gasteiger charge is -2.34. The van der Waals surface area contributed by atoms with E-state index in [0.29, 0.717) is 16.5 Å². The summed E-state index contributed by atoms with van der Waals surface area (Å²) in [6, 6.07) is 11.7. The summed E-state index contributed by atoms with van der Waals surface area (Å²) in [7, 11) is 0. The topological polar surface area (TPSA) is 106 Å². The molecule has 6 nitrogen and oxygen atoms in total. The van der Waals surface area contributed by atoms with Crippen LogP contribution in [0.3, 0.4) is 0 Å². The molecule has 0 bridgehead atoms. The average Bonchev–Trinajstić information content (AvgIpc) is 2.65. The summed E-state index contributed by atoms with van der Waals surface area (Å²) in [4.78, 5) is 24.7. The highest BCUT2D eigenvalue weighted by Crippen LogP contribution is 2.41. The molecule has 0 radical (unpaired) electrons. The van der Waals surface area contributed by atoms with E-state index in [1.54, 1.807) is 13.8 Å². The number of hydrogen-bond donors (Lipinski definition) is 2. The van der Waals surface area contributed by atoms with Crippen molar-refractivity contribution in [3.63, 3.8) is 0 Å². The van der Waals surface area contributed by atoms with Crippen LogP contribution in [0.5, 0.6) is 0 Å². The van der Waals surface area contributed by atoms with E-state index in [1.807, 2.05) is 30.3 Å². The maximum Gasteiger partial charge on any atom is 0.243 e. The highest BCUT2D eigenvalue weighted by molar-refractivity contribution is 8.03. The number of amides is 2. The van der Waals surface area contributed by atoms with Gasteiger partial charge in [0.2, 0.25) is 11.8 Å². The molecule has 0 aromatic heterocycles. The molecule has 1 heterocycles. The molecule has 0 fully saturated rings. The summed E-state index contributed by atoms with van der Waals surface area (Å²) >= 11 is 1.10. The molecule has 7 heteroatoms. The number of benzene rings is 1. The number of nitriles is 2. The Morgan fingerprint density at radius 2 is 2.04 bits per heavy atom. The molecule has 1 aliphatic rings. The molecule has 0 saturated carbocycles. The number of thioether (sulfide) groups is 1. The third-order valence-electron chi connectivity index (χ3n) is 5.06. The van der Waals surface area contributed by atoms with E-state index in [2.05, 4.69) is 30.6 Å². The summed E-state index contributed by atoms with van der Waals surface area (Å²) in [6.07, 6.45) is 0.960. The number of para-hydroxylation sites is 1. The smallest absolute Gasteiger partial charge is 0.243 e. The number of carbonyl (C=O) groups excluding carboxylic acids is 2. The Labute approximate surface area is 170 Å². The van der Waals surface area contributed by atoms with E-state index >= 15 is 0 Å². The maximum atomic E-state index is 12.5. The molecule has 1 aromatic carbocycles. The van der Waals surface area contributed by atoms with Crippen LogP contribution >= 0.6 is 11.8 Å². The van der Waals surface area contributed by atoms with Crippen molar-refractivity contribution in [1.82, 2.24) is 5.32 Å². The Balaban J connectivity index is 2.15. The van der Waals surface area contributed by atoms with Crippen LogP contribution in [0.1, 0.15) is 45.6 Å². The van der Waals surface area contributed by atoms with Gasteiger partial charge < -0.3 is 10.6 Å². The second kappa shape index (κ2) is 8.95. The van der Waals surface area contributed by atoms with Gasteiger partial charge in [0.25, 0.3) is 0 Å². The van der Waals surface area contributed by atoms with Crippen LogP contribution in [0.4, 0.5) is 5.69 Å². The van der Waals surface area contributed by atoms with Crippen molar-refractivity contribution >= 4 is 29.3 Å². The van der Waals surface area contributed by atoms with E-state index in [-0.39, 0.29) is 11.7 Å². The molecule has 1 aromatic rings. The number of carbonyl (C=O) groups is 2. The highest BCUT2D eigenvalue weighted by Gasteiger charge is 2.44. The van der Waals surface area contributed by atoms with Crippen molar-refractivity contribution in [2.45, 2.75) is 40.0 Å². The van der Waals surface area contributed by atoms with Crippen LogP contribution in [0, 0.1) is 34.0 Å². The standard InChI is InChI=1S/C21H24N4O2S/c1-5-13(2)14-8-6-7-9-17(14)24-18(26)12-28-20-16(11-23)21(3,4)15(10-22)19(27)25-20/h6-9,13,15H,5,12H2,1-4H3,(H,24,26)(H,25,27)/t13-,15-/m0/s1. The van der Waals surface area contributed by atoms with Gasteiger partial charge in [-0.2, -0.15) is 10.5 Å². The fourth-order valence-electron chi connectivity index (χ4n) is 3.12. The number of allylic oxidation sites excluding steroid dienone is 1. The Hall–Kier alpha value is -2.77. The molecule has 0 saturated heterocycles. The minimum atomic E-state index is -0.942. The lowest BCUT2D eigenvalue weighted by atomic mass is 9.72. The molecule has 146 valence electrons. The van der Waals surface area contributed by atoms with Crippen LogP contribution < -0.4 is 10.6 Å². The lowest BCUT2D eigenvalue weighted by molar-refractivity contribution is -0.125. The van der Waals surface area contributed by atoms with Gasteiger partial charge in [0.05, 0.1) is 28.5 Å². The number of nitrogens with one attached hydrogen (secondary N) is 2. The van der Waals surface area contributed by atoms with Crippen LogP contribution in [0.25, 0.3) is 0 Å². The molecule has 28 heavy (non-hydrogen) atoms. The normalized spacial score (nSPS) is 19.2. The minimum absolute atomic E-state index is 0.0446. The van der Waals surface area contributed by atoms with Crippen LogP contribution in [-0.4, -0.2) is 17.6 Å². The Morgan fingerprint density at radius 3 is 2.64 bits per heavy atom.